The first-order chi connectivity index (χ1) is 10.1. The fourth-order valence-corrected chi connectivity index (χ4v) is 3.24. The molecule has 0 saturated carbocycles. The van der Waals surface area contributed by atoms with E-state index in [2.05, 4.69) is 55.1 Å². The molecule has 2 unspecified atom stereocenters. The molecule has 1 heterocycles. The number of aliphatic hydroxyl groups excluding tert-OH is 1. The van der Waals surface area contributed by atoms with Gasteiger partial charge in [0.1, 0.15) is 0 Å². The number of hydrogen-bond donors (Lipinski definition) is 1. The fraction of sp³-hybridized carbons (Fsp3) is 0.667. The van der Waals surface area contributed by atoms with Crippen molar-refractivity contribution in [2.45, 2.75) is 44.8 Å². The van der Waals surface area contributed by atoms with E-state index in [9.17, 15) is 5.11 Å². The second-order valence-electron chi connectivity index (χ2n) is 6.51. The van der Waals surface area contributed by atoms with Crippen molar-refractivity contribution in [1.29, 1.82) is 0 Å². The topological polar surface area (TPSA) is 26.7 Å². The van der Waals surface area contributed by atoms with Crippen molar-refractivity contribution in [3.8, 4) is 0 Å². The summed E-state index contributed by atoms with van der Waals surface area (Å²) in [5.74, 6) is 0. The highest BCUT2D eigenvalue weighted by Crippen LogP contribution is 2.18. The van der Waals surface area contributed by atoms with Gasteiger partial charge in [-0.1, -0.05) is 37.6 Å². The summed E-state index contributed by atoms with van der Waals surface area (Å²) in [6.07, 6.45) is 4.47. The van der Waals surface area contributed by atoms with Gasteiger partial charge in [-0.3, -0.25) is 0 Å². The first-order valence-corrected chi connectivity index (χ1v) is 8.25. The summed E-state index contributed by atoms with van der Waals surface area (Å²) in [6.45, 7) is 5.15. The Balaban J connectivity index is 1.83. The number of benzene rings is 1. The van der Waals surface area contributed by atoms with Crippen LogP contribution in [-0.4, -0.2) is 54.7 Å². The van der Waals surface area contributed by atoms with Gasteiger partial charge >= 0.3 is 0 Å². The van der Waals surface area contributed by atoms with Gasteiger partial charge in [-0.05, 0) is 51.0 Å². The molecule has 1 aliphatic rings. The molecule has 1 saturated heterocycles. The van der Waals surface area contributed by atoms with Crippen molar-refractivity contribution in [2.75, 3.05) is 33.7 Å². The van der Waals surface area contributed by atoms with Crippen LogP contribution in [0.4, 0.5) is 0 Å². The van der Waals surface area contributed by atoms with E-state index in [4.69, 9.17) is 0 Å². The van der Waals surface area contributed by atoms with Crippen LogP contribution in [0.3, 0.4) is 0 Å². The average Bonchev–Trinajstić information content (AvgIpc) is 2.85. The lowest BCUT2D eigenvalue weighted by atomic mass is 10.0. The van der Waals surface area contributed by atoms with Gasteiger partial charge in [-0.2, -0.15) is 0 Å². The van der Waals surface area contributed by atoms with Crippen LogP contribution >= 0.6 is 0 Å². The van der Waals surface area contributed by atoms with Crippen LogP contribution in [0.15, 0.2) is 24.3 Å². The van der Waals surface area contributed by atoms with Gasteiger partial charge in [0, 0.05) is 19.1 Å². The lowest BCUT2D eigenvalue weighted by molar-refractivity contribution is 0.113. The molecule has 0 bridgehead atoms. The maximum absolute atomic E-state index is 10.4. The zero-order valence-corrected chi connectivity index (χ0v) is 13.8. The monoisotopic (exact) mass is 290 g/mol. The molecule has 1 aromatic rings. The van der Waals surface area contributed by atoms with Crippen molar-refractivity contribution in [3.05, 3.63) is 35.4 Å². The van der Waals surface area contributed by atoms with Gasteiger partial charge in [0.2, 0.25) is 0 Å². The van der Waals surface area contributed by atoms with Crippen molar-refractivity contribution in [1.82, 2.24) is 9.80 Å². The van der Waals surface area contributed by atoms with Crippen LogP contribution in [0.25, 0.3) is 0 Å². The number of hydrogen-bond acceptors (Lipinski definition) is 3. The maximum Gasteiger partial charge on any atom is 0.0916 e. The van der Waals surface area contributed by atoms with E-state index in [1.807, 2.05) is 0 Å². The zero-order valence-electron chi connectivity index (χ0n) is 13.8. The van der Waals surface area contributed by atoms with E-state index in [1.54, 1.807) is 0 Å². The third-order valence-electron chi connectivity index (χ3n) is 4.58. The maximum atomic E-state index is 10.4. The first-order valence-electron chi connectivity index (χ1n) is 8.25. The number of likely N-dealkylation sites (N-methyl/N-ethyl adjacent to an activating group) is 2. The number of nitrogens with zero attached hydrogens (tertiary/aromatic N) is 2. The van der Waals surface area contributed by atoms with Gasteiger partial charge in [0.05, 0.1) is 6.10 Å². The van der Waals surface area contributed by atoms with E-state index in [0.29, 0.717) is 12.6 Å². The Labute approximate surface area is 129 Å². The third-order valence-corrected chi connectivity index (χ3v) is 4.58. The lowest BCUT2D eigenvalue weighted by Crippen LogP contribution is -2.38. The molecule has 1 aliphatic heterocycles. The van der Waals surface area contributed by atoms with Crippen molar-refractivity contribution in [2.24, 2.45) is 0 Å². The van der Waals surface area contributed by atoms with Gasteiger partial charge in [-0.25, -0.2) is 0 Å². The molecule has 0 aliphatic carbocycles. The Bertz CT molecular complexity index is 418. The van der Waals surface area contributed by atoms with Crippen LogP contribution in [0, 0.1) is 0 Å². The lowest BCUT2D eigenvalue weighted by Gasteiger charge is -2.27. The minimum absolute atomic E-state index is 0.391. The van der Waals surface area contributed by atoms with E-state index in [-0.39, 0.29) is 0 Å². The van der Waals surface area contributed by atoms with E-state index >= 15 is 0 Å². The van der Waals surface area contributed by atoms with E-state index in [1.165, 1.54) is 31.4 Å². The summed E-state index contributed by atoms with van der Waals surface area (Å²) in [6, 6.07) is 9.09. The fourth-order valence-electron chi connectivity index (χ4n) is 3.24. The molecule has 0 amide bonds. The smallest absolute Gasteiger partial charge is 0.0916 e. The Morgan fingerprint density at radius 3 is 2.62 bits per heavy atom. The quantitative estimate of drug-likeness (QED) is 0.836. The highest BCUT2D eigenvalue weighted by Gasteiger charge is 2.22. The molecular weight excluding hydrogens is 260 g/mol. The van der Waals surface area contributed by atoms with Gasteiger partial charge in [0.25, 0.3) is 0 Å². The third kappa shape index (κ3) is 4.80. The predicted molar refractivity (Wildman–Crippen MR) is 88.5 cm³/mol. The summed E-state index contributed by atoms with van der Waals surface area (Å²) >= 11 is 0. The SMILES string of the molecule is CCCc1ccc(C(O)CN(C)CC2CCCN2C)cc1. The van der Waals surface area contributed by atoms with Gasteiger partial charge in [-0.15, -0.1) is 0 Å². The minimum atomic E-state index is -0.391. The molecular formula is C18H30N2O. The summed E-state index contributed by atoms with van der Waals surface area (Å²) in [5, 5.41) is 10.4. The van der Waals surface area contributed by atoms with E-state index < -0.39 is 6.10 Å². The molecule has 3 nitrogen and oxygen atoms in total. The normalized spacial score (nSPS) is 21.1. The van der Waals surface area contributed by atoms with Crippen LogP contribution in [0.1, 0.15) is 43.4 Å². The molecule has 1 aromatic carbocycles. The molecule has 118 valence electrons. The Morgan fingerprint density at radius 1 is 1.33 bits per heavy atom. The van der Waals surface area contributed by atoms with Crippen LogP contribution in [0.5, 0.6) is 0 Å². The first kappa shape index (κ1) is 16.5. The minimum Gasteiger partial charge on any atom is -0.387 e. The number of rotatable bonds is 7. The van der Waals surface area contributed by atoms with Gasteiger partial charge in [0.15, 0.2) is 0 Å². The summed E-state index contributed by atoms with van der Waals surface area (Å²) in [7, 11) is 4.31. The molecule has 2 rings (SSSR count). The largest absolute Gasteiger partial charge is 0.387 e. The highest BCUT2D eigenvalue weighted by atomic mass is 16.3. The molecule has 0 radical (unpaired) electrons. The van der Waals surface area contributed by atoms with Crippen molar-refractivity contribution in [3.63, 3.8) is 0 Å². The van der Waals surface area contributed by atoms with Crippen molar-refractivity contribution < 1.29 is 5.11 Å². The Kier molecular flexibility index (Phi) is 6.22. The van der Waals surface area contributed by atoms with Gasteiger partial charge < -0.3 is 14.9 Å². The molecule has 21 heavy (non-hydrogen) atoms. The van der Waals surface area contributed by atoms with Crippen molar-refractivity contribution >= 4 is 0 Å². The second kappa shape index (κ2) is 7.92. The Morgan fingerprint density at radius 2 is 2.05 bits per heavy atom. The van der Waals surface area contributed by atoms with Crippen LogP contribution in [0.2, 0.25) is 0 Å². The molecule has 1 fully saturated rings. The summed E-state index contributed by atoms with van der Waals surface area (Å²) < 4.78 is 0. The zero-order chi connectivity index (χ0) is 15.2. The van der Waals surface area contributed by atoms with Crippen LogP contribution in [-0.2, 0) is 6.42 Å². The molecule has 0 aromatic heterocycles. The Hall–Kier alpha value is -0.900. The highest BCUT2D eigenvalue weighted by molar-refractivity contribution is 5.24. The van der Waals surface area contributed by atoms with E-state index in [0.717, 1.165) is 18.5 Å². The summed E-state index contributed by atoms with van der Waals surface area (Å²) in [4.78, 5) is 4.69. The second-order valence-corrected chi connectivity index (χ2v) is 6.51. The standard InChI is InChI=1S/C18H30N2O/c1-4-6-15-8-10-16(11-9-15)18(21)14-19(2)13-17-7-5-12-20(17)3/h8-11,17-18,21H,4-7,12-14H2,1-3H3. The average molecular weight is 290 g/mol. The molecule has 3 heteroatoms. The molecule has 2 atom stereocenters. The number of aryl methyl sites for hydroxylation is 1. The molecule has 1 N–H and O–H groups in total. The number of aliphatic hydroxyl groups is 1. The summed E-state index contributed by atoms with van der Waals surface area (Å²) in [5.41, 5.74) is 2.39. The predicted octanol–water partition coefficient (Wildman–Crippen LogP) is 2.70. The number of likely N-dealkylation sites (tertiary alicyclic amines) is 1. The van der Waals surface area contributed by atoms with Crippen LogP contribution < -0.4 is 0 Å². The molecule has 0 spiro atoms.